The molecule has 0 aliphatic heterocycles. The van der Waals surface area contributed by atoms with Gasteiger partial charge in [-0.25, -0.2) is 0 Å². The van der Waals surface area contributed by atoms with Gasteiger partial charge in [-0.1, -0.05) is 105 Å². The lowest BCUT2D eigenvalue weighted by Crippen LogP contribution is -2.33. The van der Waals surface area contributed by atoms with Crippen molar-refractivity contribution in [2.24, 2.45) is 0 Å². The normalized spacial score (nSPS) is 13.8. The highest BCUT2D eigenvalue weighted by molar-refractivity contribution is 14.2. The fourth-order valence-electron chi connectivity index (χ4n) is 3.94. The first-order chi connectivity index (χ1) is 17.5. The molecule has 0 radical (unpaired) electrons. The van der Waals surface area contributed by atoms with E-state index in [1.807, 2.05) is 13.8 Å². The molecular weight excluding hydrogens is 940 g/mol. The second-order valence-electron chi connectivity index (χ2n) is 9.79. The van der Waals surface area contributed by atoms with E-state index in [0.717, 1.165) is 25.7 Å². The van der Waals surface area contributed by atoms with Crippen LogP contribution < -0.4 is 0 Å². The van der Waals surface area contributed by atoms with Crippen LogP contribution in [0.15, 0.2) is 0 Å². The third-order valence-corrected chi connectivity index (χ3v) is 11.0. The Morgan fingerprint density at radius 1 is 0.568 bits per heavy atom. The lowest BCUT2D eigenvalue weighted by atomic mass is 10.1. The Labute approximate surface area is 286 Å². The van der Waals surface area contributed by atoms with Crippen molar-refractivity contribution in [2.45, 2.75) is 157 Å². The van der Waals surface area contributed by atoms with E-state index in [1.54, 1.807) is 0 Å². The van der Waals surface area contributed by atoms with Crippen LogP contribution in [-0.2, 0) is 19.1 Å². The van der Waals surface area contributed by atoms with Crippen LogP contribution in [0, 0.1) is 0 Å². The number of hydrogen-bond donors (Lipinski definition) is 0. The van der Waals surface area contributed by atoms with Crippen molar-refractivity contribution in [3.63, 3.8) is 0 Å². The van der Waals surface area contributed by atoms with Crippen LogP contribution in [0.3, 0.4) is 0 Å². The molecule has 0 rings (SSSR count). The van der Waals surface area contributed by atoms with Crippen LogP contribution in [0.2, 0.25) is 0 Å². The van der Waals surface area contributed by atoms with Crippen LogP contribution in [-0.4, -0.2) is 25.7 Å². The number of esters is 2. The lowest BCUT2D eigenvalue weighted by Gasteiger charge is -2.27. The summed E-state index contributed by atoms with van der Waals surface area (Å²) in [5, 5.41) is -0.729. The summed E-state index contributed by atoms with van der Waals surface area (Å²) in [6.07, 6.45) is 20.3. The fourth-order valence-corrected chi connectivity index (χ4v) is 7.43. The minimum absolute atomic E-state index is 0.219. The molecule has 0 saturated heterocycles. The molecule has 0 heterocycles. The second kappa shape index (κ2) is 23.7. The van der Waals surface area contributed by atoms with Gasteiger partial charge in [0.05, 0.1) is 0 Å². The van der Waals surface area contributed by atoms with E-state index in [2.05, 4.69) is 104 Å². The van der Waals surface area contributed by atoms with Crippen LogP contribution >= 0.6 is 102 Å². The predicted molar refractivity (Wildman–Crippen MR) is 195 cm³/mol. The molecule has 0 aromatic heterocycles. The molecule has 0 aliphatic carbocycles. The zero-order valence-electron chi connectivity index (χ0n) is 23.4. The van der Waals surface area contributed by atoms with E-state index in [4.69, 9.17) is 9.47 Å². The molecule has 0 spiro atoms. The van der Waals surface area contributed by atoms with Gasteiger partial charge in [0, 0.05) is 12.8 Å². The average Bonchev–Trinajstić information content (AvgIpc) is 2.82. The van der Waals surface area contributed by atoms with E-state index in [0.29, 0.717) is 12.8 Å². The monoisotopic (exact) mass is 990 g/mol. The quantitative estimate of drug-likeness (QED) is 0.0417. The number of hydrogen-bond acceptors (Lipinski definition) is 5. The molecule has 0 saturated carbocycles. The Bertz CT molecular complexity index is 555. The van der Waals surface area contributed by atoms with Gasteiger partial charge in [0.25, 0.3) is 0 Å². The molecule has 0 bridgehead atoms. The molecule has 0 aromatic rings. The van der Waals surface area contributed by atoms with E-state index in [9.17, 15) is 9.59 Å². The Balaban J connectivity index is 4.58. The molecule has 0 N–H and O–H groups in total. The number of thioether (sulfide) groups is 1. The maximum absolute atomic E-state index is 13.0. The molecular formula is C28H50I4O4S. The minimum atomic E-state index is -0.539. The molecule has 0 aliphatic rings. The van der Waals surface area contributed by atoms with Crippen LogP contribution in [0.4, 0.5) is 0 Å². The van der Waals surface area contributed by atoms with Gasteiger partial charge in [-0.3, -0.25) is 9.59 Å². The molecule has 4 nitrogen and oxygen atoms in total. The highest BCUT2D eigenvalue weighted by Gasteiger charge is 2.35. The van der Waals surface area contributed by atoms with E-state index >= 15 is 0 Å². The minimum Gasteiger partial charge on any atom is -0.438 e. The number of halogens is 4. The highest BCUT2D eigenvalue weighted by Crippen LogP contribution is 2.39. The fraction of sp³-hybridized carbons (Fsp3) is 0.929. The molecule has 9 heteroatoms. The summed E-state index contributed by atoms with van der Waals surface area (Å²) in [6, 6.07) is 0. The summed E-state index contributed by atoms with van der Waals surface area (Å²) in [6.45, 7) is 8.44. The topological polar surface area (TPSA) is 52.6 Å². The average molecular weight is 990 g/mol. The number of ether oxygens (including phenoxy) is 2. The van der Waals surface area contributed by atoms with Gasteiger partial charge in [-0.05, 0) is 116 Å². The standard InChI is InChI=1S/C28H50I4O4S/c1-5-9-11-13-15-17-19-21-27(29,30)35-25(33)23(7-3)37-24(8-4)26(34)36-28(31,32)22-20-18-16-14-12-10-6-2/h23-24H,5-22H2,1-4H3. The maximum Gasteiger partial charge on any atom is 0.321 e. The number of carbonyl (C=O) groups excluding carboxylic acids is 2. The van der Waals surface area contributed by atoms with Crippen molar-refractivity contribution in [2.75, 3.05) is 0 Å². The van der Waals surface area contributed by atoms with Crippen molar-refractivity contribution >= 4 is 114 Å². The second-order valence-corrected chi connectivity index (χ2v) is 22.3. The summed E-state index contributed by atoms with van der Waals surface area (Å²) in [5.41, 5.74) is 0. The summed E-state index contributed by atoms with van der Waals surface area (Å²) >= 11 is 10.4. The number of rotatable bonds is 24. The van der Waals surface area contributed by atoms with Crippen LogP contribution in [0.1, 0.15) is 143 Å². The number of unbranched alkanes of at least 4 members (excludes halogenated alkanes) is 12. The molecule has 37 heavy (non-hydrogen) atoms. The van der Waals surface area contributed by atoms with Crippen molar-refractivity contribution in [3.05, 3.63) is 0 Å². The molecule has 220 valence electrons. The van der Waals surface area contributed by atoms with Crippen molar-refractivity contribution in [1.82, 2.24) is 0 Å². The van der Waals surface area contributed by atoms with Gasteiger partial charge in [0.2, 0.25) is 3.23 Å². The number of alkyl halides is 4. The van der Waals surface area contributed by atoms with Crippen molar-refractivity contribution in [1.29, 1.82) is 0 Å². The first-order valence-electron chi connectivity index (χ1n) is 14.4. The van der Waals surface area contributed by atoms with Gasteiger partial charge in [0.1, 0.15) is 10.5 Å². The number of carbonyl (C=O) groups is 2. The van der Waals surface area contributed by atoms with Crippen molar-refractivity contribution in [3.8, 4) is 0 Å². The first-order valence-corrected chi connectivity index (χ1v) is 19.6. The summed E-state index contributed by atoms with van der Waals surface area (Å²) in [7, 11) is 0. The first kappa shape index (κ1) is 39.2. The van der Waals surface area contributed by atoms with Gasteiger partial charge in [-0.2, -0.15) is 0 Å². The third-order valence-electron chi connectivity index (χ3n) is 6.24. The zero-order chi connectivity index (χ0) is 28.2. The summed E-state index contributed by atoms with van der Waals surface area (Å²) in [4.78, 5) is 26.0. The van der Waals surface area contributed by atoms with Gasteiger partial charge in [0.15, 0.2) is 0 Å². The zero-order valence-corrected chi connectivity index (χ0v) is 32.9. The SMILES string of the molecule is CCCCCCCCCC(I)(I)OC(=O)C(CC)SC(CC)C(=O)OC(I)(I)CCCCCCCCC. The van der Waals surface area contributed by atoms with Crippen LogP contribution in [0.5, 0.6) is 0 Å². The van der Waals surface area contributed by atoms with Gasteiger partial charge in [-0.15, -0.1) is 11.8 Å². The molecule has 0 amide bonds. The van der Waals surface area contributed by atoms with Crippen molar-refractivity contribution < 1.29 is 19.1 Å². The Morgan fingerprint density at radius 3 is 1.16 bits per heavy atom. The third kappa shape index (κ3) is 21.6. The maximum atomic E-state index is 13.0. The Morgan fingerprint density at radius 2 is 0.865 bits per heavy atom. The largest absolute Gasteiger partial charge is 0.438 e. The molecule has 2 unspecified atom stereocenters. The summed E-state index contributed by atoms with van der Waals surface area (Å²) in [5.74, 6) is -0.437. The summed E-state index contributed by atoms with van der Waals surface area (Å²) < 4.78 is 10.8. The predicted octanol–water partition coefficient (Wildman–Crippen LogP) is 11.7. The Kier molecular flexibility index (Phi) is 25.2. The molecule has 0 fully saturated rings. The van der Waals surface area contributed by atoms with Crippen LogP contribution in [0.25, 0.3) is 0 Å². The highest BCUT2D eigenvalue weighted by atomic mass is 127. The smallest absolute Gasteiger partial charge is 0.321 e. The van der Waals surface area contributed by atoms with Gasteiger partial charge >= 0.3 is 11.9 Å². The van der Waals surface area contributed by atoms with E-state index in [1.165, 1.54) is 88.8 Å². The van der Waals surface area contributed by atoms with E-state index in [-0.39, 0.29) is 22.4 Å². The lowest BCUT2D eigenvalue weighted by molar-refractivity contribution is -0.144. The van der Waals surface area contributed by atoms with Gasteiger partial charge < -0.3 is 9.47 Å². The molecule has 0 aromatic carbocycles. The Hall–Kier alpha value is 2.21. The molecule has 2 atom stereocenters. The van der Waals surface area contributed by atoms with E-state index < -0.39 is 3.23 Å².